The lowest BCUT2D eigenvalue weighted by Crippen LogP contribution is -2.44. The average Bonchev–Trinajstić information content (AvgIpc) is 2.35. The van der Waals surface area contributed by atoms with Gasteiger partial charge in [0.1, 0.15) is 5.60 Å². The highest BCUT2D eigenvalue weighted by Gasteiger charge is 2.30. The van der Waals surface area contributed by atoms with Crippen LogP contribution in [0.4, 0.5) is 4.79 Å². The van der Waals surface area contributed by atoms with E-state index >= 15 is 0 Å². The predicted molar refractivity (Wildman–Crippen MR) is 80.0 cm³/mol. The Bertz CT molecular complexity index is 365. The molecule has 0 bridgehead atoms. The Morgan fingerprint density at radius 1 is 1.29 bits per heavy atom. The van der Waals surface area contributed by atoms with Crippen LogP contribution in [0.2, 0.25) is 0 Å². The van der Waals surface area contributed by atoms with Gasteiger partial charge in [-0.15, -0.1) is 0 Å². The van der Waals surface area contributed by atoms with E-state index in [9.17, 15) is 9.59 Å². The third-order valence-corrected chi connectivity index (χ3v) is 3.66. The molecule has 0 aromatic carbocycles. The van der Waals surface area contributed by atoms with Crippen LogP contribution in [-0.4, -0.2) is 56.4 Å². The largest absolute Gasteiger partial charge is 0.469 e. The fraction of sp³-hybridized carbons (Fsp3) is 0.867. The zero-order valence-corrected chi connectivity index (χ0v) is 13.8. The number of hydrogen-bond donors (Lipinski definition) is 1. The molecule has 0 aromatic rings. The lowest BCUT2D eigenvalue weighted by atomic mass is 9.83. The SMILES string of the molecule is COC(=O)C[C@@H]1CN(C)CC[C@H]1CNC(=O)OC(C)(C)C. The Hall–Kier alpha value is -1.30. The molecule has 1 aliphatic rings. The summed E-state index contributed by atoms with van der Waals surface area (Å²) < 4.78 is 9.99. The van der Waals surface area contributed by atoms with Crippen molar-refractivity contribution in [1.29, 1.82) is 0 Å². The van der Waals surface area contributed by atoms with E-state index in [0.29, 0.717) is 13.0 Å². The number of rotatable bonds is 4. The molecule has 1 aliphatic heterocycles. The molecule has 2 atom stereocenters. The molecule has 0 radical (unpaired) electrons. The molecular weight excluding hydrogens is 272 g/mol. The minimum absolute atomic E-state index is 0.197. The summed E-state index contributed by atoms with van der Waals surface area (Å²) in [5, 5.41) is 2.81. The van der Waals surface area contributed by atoms with Crippen molar-refractivity contribution in [2.45, 2.75) is 39.2 Å². The lowest BCUT2D eigenvalue weighted by molar-refractivity contribution is -0.142. The van der Waals surface area contributed by atoms with Crippen LogP contribution in [-0.2, 0) is 14.3 Å². The lowest BCUT2D eigenvalue weighted by Gasteiger charge is -2.36. The molecule has 0 aliphatic carbocycles. The third kappa shape index (κ3) is 6.80. The van der Waals surface area contributed by atoms with Gasteiger partial charge in [-0.25, -0.2) is 4.79 Å². The van der Waals surface area contributed by atoms with Crippen LogP contribution in [0, 0.1) is 11.8 Å². The Balaban J connectivity index is 2.49. The molecule has 1 saturated heterocycles. The molecule has 0 unspecified atom stereocenters. The van der Waals surface area contributed by atoms with E-state index in [1.807, 2.05) is 27.8 Å². The summed E-state index contributed by atoms with van der Waals surface area (Å²) in [5.74, 6) is 0.275. The number of methoxy groups -OCH3 is 1. The number of piperidine rings is 1. The van der Waals surface area contributed by atoms with Crippen LogP contribution in [0.1, 0.15) is 33.6 Å². The van der Waals surface area contributed by atoms with Crippen molar-refractivity contribution in [2.24, 2.45) is 11.8 Å². The van der Waals surface area contributed by atoms with Crippen LogP contribution in [0.5, 0.6) is 0 Å². The zero-order chi connectivity index (χ0) is 16.0. The second-order valence-electron chi connectivity index (χ2n) is 6.73. The van der Waals surface area contributed by atoms with E-state index in [1.165, 1.54) is 7.11 Å². The quantitative estimate of drug-likeness (QED) is 0.800. The van der Waals surface area contributed by atoms with Gasteiger partial charge in [0.15, 0.2) is 0 Å². The molecule has 1 rings (SSSR count). The first-order valence-electron chi connectivity index (χ1n) is 7.43. The average molecular weight is 300 g/mol. The van der Waals surface area contributed by atoms with E-state index in [4.69, 9.17) is 9.47 Å². The number of hydrogen-bond acceptors (Lipinski definition) is 5. The number of ether oxygens (including phenoxy) is 2. The molecule has 6 heteroatoms. The second-order valence-corrected chi connectivity index (χ2v) is 6.73. The van der Waals surface area contributed by atoms with E-state index in [1.54, 1.807) is 0 Å². The molecule has 21 heavy (non-hydrogen) atoms. The fourth-order valence-corrected chi connectivity index (χ4v) is 2.59. The Labute approximate surface area is 127 Å². The summed E-state index contributed by atoms with van der Waals surface area (Å²) in [4.78, 5) is 25.4. The minimum atomic E-state index is -0.498. The van der Waals surface area contributed by atoms with Crippen molar-refractivity contribution in [1.82, 2.24) is 10.2 Å². The zero-order valence-electron chi connectivity index (χ0n) is 13.8. The number of nitrogens with zero attached hydrogens (tertiary/aromatic N) is 1. The molecular formula is C15H28N2O4. The van der Waals surface area contributed by atoms with Crippen molar-refractivity contribution >= 4 is 12.1 Å². The summed E-state index contributed by atoms with van der Waals surface area (Å²) in [6.07, 6.45) is 0.938. The number of carbonyl (C=O) groups is 2. The maximum absolute atomic E-state index is 11.7. The van der Waals surface area contributed by atoms with Gasteiger partial charge in [-0.05, 0) is 52.6 Å². The van der Waals surface area contributed by atoms with Crippen LogP contribution < -0.4 is 5.32 Å². The van der Waals surface area contributed by atoms with Crippen molar-refractivity contribution in [3.8, 4) is 0 Å². The highest BCUT2D eigenvalue weighted by Crippen LogP contribution is 2.25. The van der Waals surface area contributed by atoms with Gasteiger partial charge in [0.05, 0.1) is 7.11 Å². The summed E-state index contributed by atoms with van der Waals surface area (Å²) in [5.41, 5.74) is -0.498. The minimum Gasteiger partial charge on any atom is -0.469 e. The molecule has 6 nitrogen and oxygen atoms in total. The first kappa shape index (κ1) is 17.8. The van der Waals surface area contributed by atoms with Gasteiger partial charge < -0.3 is 19.7 Å². The van der Waals surface area contributed by atoms with Crippen LogP contribution in [0.25, 0.3) is 0 Å². The molecule has 1 N–H and O–H groups in total. The van der Waals surface area contributed by atoms with E-state index in [2.05, 4.69) is 10.2 Å². The van der Waals surface area contributed by atoms with Gasteiger partial charge in [-0.1, -0.05) is 0 Å². The summed E-state index contributed by atoms with van der Waals surface area (Å²) in [6, 6.07) is 0. The number of alkyl carbamates (subject to hydrolysis) is 1. The Morgan fingerprint density at radius 3 is 2.52 bits per heavy atom. The van der Waals surface area contributed by atoms with Crippen molar-refractivity contribution < 1.29 is 19.1 Å². The van der Waals surface area contributed by atoms with Gasteiger partial charge >= 0.3 is 12.1 Å². The van der Waals surface area contributed by atoms with Crippen LogP contribution >= 0.6 is 0 Å². The molecule has 0 spiro atoms. The predicted octanol–water partition coefficient (Wildman–Crippen LogP) is 1.64. The van der Waals surface area contributed by atoms with Gasteiger partial charge in [0.25, 0.3) is 0 Å². The van der Waals surface area contributed by atoms with E-state index in [0.717, 1.165) is 19.5 Å². The summed E-state index contributed by atoms with van der Waals surface area (Å²) in [7, 11) is 3.45. The number of carbonyl (C=O) groups excluding carboxylic acids is 2. The monoisotopic (exact) mass is 300 g/mol. The molecule has 1 heterocycles. The molecule has 0 aromatic heterocycles. The number of likely N-dealkylation sites (tertiary alicyclic amines) is 1. The van der Waals surface area contributed by atoms with E-state index in [-0.39, 0.29) is 17.8 Å². The molecule has 1 amide bonds. The maximum Gasteiger partial charge on any atom is 0.407 e. The smallest absolute Gasteiger partial charge is 0.407 e. The Kier molecular flexibility index (Phi) is 6.45. The third-order valence-electron chi connectivity index (χ3n) is 3.66. The van der Waals surface area contributed by atoms with Crippen LogP contribution in [0.15, 0.2) is 0 Å². The van der Waals surface area contributed by atoms with Gasteiger partial charge in [0.2, 0.25) is 0 Å². The van der Waals surface area contributed by atoms with Crippen LogP contribution in [0.3, 0.4) is 0 Å². The summed E-state index contributed by atoms with van der Waals surface area (Å²) in [6.45, 7) is 7.85. The van der Waals surface area contributed by atoms with Gasteiger partial charge in [0, 0.05) is 19.5 Å². The maximum atomic E-state index is 11.7. The summed E-state index contributed by atoms with van der Waals surface area (Å²) >= 11 is 0. The first-order chi connectivity index (χ1) is 9.71. The van der Waals surface area contributed by atoms with Crippen molar-refractivity contribution in [3.05, 3.63) is 0 Å². The van der Waals surface area contributed by atoms with Crippen molar-refractivity contribution in [2.75, 3.05) is 33.8 Å². The Morgan fingerprint density at radius 2 is 1.95 bits per heavy atom. The molecule has 0 saturated carbocycles. The number of nitrogens with one attached hydrogen (secondary N) is 1. The number of amides is 1. The second kappa shape index (κ2) is 7.64. The van der Waals surface area contributed by atoms with Gasteiger partial charge in [-0.2, -0.15) is 0 Å². The van der Waals surface area contributed by atoms with Crippen molar-refractivity contribution in [3.63, 3.8) is 0 Å². The fourth-order valence-electron chi connectivity index (χ4n) is 2.59. The van der Waals surface area contributed by atoms with Gasteiger partial charge in [-0.3, -0.25) is 4.79 Å². The normalized spacial score (nSPS) is 23.5. The highest BCUT2D eigenvalue weighted by molar-refractivity contribution is 5.69. The standard InChI is InChI=1S/C15H28N2O4/c1-15(2,3)21-14(19)16-9-11-6-7-17(4)10-12(11)8-13(18)20-5/h11-12H,6-10H2,1-5H3,(H,16,19)/t11-,12+/m0/s1. The first-order valence-corrected chi connectivity index (χ1v) is 7.43. The number of esters is 1. The topological polar surface area (TPSA) is 67.9 Å². The van der Waals surface area contributed by atoms with E-state index < -0.39 is 11.7 Å². The molecule has 1 fully saturated rings. The highest BCUT2D eigenvalue weighted by atomic mass is 16.6. The molecule has 122 valence electrons.